The number of hydrogen-bond donors (Lipinski definition) is 0. The second kappa shape index (κ2) is 333. The monoisotopic (exact) mass is 590 g/mol. The van der Waals surface area contributed by atoms with E-state index < -0.39 is 0 Å². The van der Waals surface area contributed by atoms with Crippen LogP contribution in [0.25, 0.3) is 0 Å². The van der Waals surface area contributed by atoms with Gasteiger partial charge in [-0.2, -0.15) is 0 Å². The molecule has 0 aromatic heterocycles. The molecular formula is H8Al2Hf2O7Si2. The van der Waals surface area contributed by atoms with Gasteiger partial charge in [0.05, 0.1) is 0 Å². The molecular weight excluding hydrogens is 579 g/mol. The van der Waals surface area contributed by atoms with Crippen molar-refractivity contribution in [2.24, 2.45) is 0 Å². The van der Waals surface area contributed by atoms with Gasteiger partial charge < -0.3 is 38.3 Å². The van der Waals surface area contributed by atoms with E-state index in [-0.39, 0.29) is 147 Å². The normalized spacial score (nSPS) is 0. The van der Waals surface area contributed by atoms with Crippen molar-refractivity contribution >= 4 is 56.7 Å². The maximum atomic E-state index is 0. The average Bonchev–Trinajstić information content (AvgIpc) is 0. The number of hydrogen-bond acceptors (Lipinski definition) is 0. The van der Waals surface area contributed by atoms with Crippen LogP contribution in [-0.2, 0) is 90.0 Å². The molecule has 0 bridgehead atoms. The van der Waals surface area contributed by atoms with E-state index in [0.29, 0.717) is 0 Å². The van der Waals surface area contributed by atoms with Crippen LogP contribution in [0.2, 0.25) is 0 Å². The molecule has 0 amide bonds. The predicted octanol–water partition coefficient (Wildman–Crippen LogP) is -4.50. The van der Waals surface area contributed by atoms with Crippen molar-refractivity contribution in [3.05, 3.63) is 0 Å². The fourth-order valence-corrected chi connectivity index (χ4v) is 0. The SMILES string of the molecule is [Al+3].[Al+3].[Hf+4].[Hf+4].[O-2].[O-2].[O-2].[O-2].[O-2].[O-2].[O-2].[SiH4].[SiH4]. The Labute approximate surface area is 145 Å². The van der Waals surface area contributed by atoms with Crippen LogP contribution in [0.15, 0.2) is 0 Å². The minimum Gasteiger partial charge on any atom is -2.00 e. The molecule has 0 saturated carbocycles. The Morgan fingerprint density at radius 2 is 0.308 bits per heavy atom. The average molecular weight is 587 g/mol. The van der Waals surface area contributed by atoms with Gasteiger partial charge in [-0.15, -0.1) is 0 Å². The summed E-state index contributed by atoms with van der Waals surface area (Å²) in [4.78, 5) is 0. The summed E-state index contributed by atoms with van der Waals surface area (Å²) in [7, 11) is 0. The summed E-state index contributed by atoms with van der Waals surface area (Å²) in [6, 6.07) is 0. The van der Waals surface area contributed by atoms with E-state index in [1.807, 2.05) is 0 Å². The summed E-state index contributed by atoms with van der Waals surface area (Å²) in [6.45, 7) is 0. The molecule has 0 rings (SSSR count). The zero-order valence-corrected chi connectivity index (χ0v) is 14.5. The van der Waals surface area contributed by atoms with E-state index in [1.54, 1.807) is 0 Å². The summed E-state index contributed by atoms with van der Waals surface area (Å²) in [5, 5.41) is 0. The van der Waals surface area contributed by atoms with Gasteiger partial charge in [0.2, 0.25) is 0 Å². The zero-order chi connectivity index (χ0) is 0. The van der Waals surface area contributed by atoms with Crippen LogP contribution < -0.4 is 0 Å². The van der Waals surface area contributed by atoms with Crippen LogP contribution in [-0.4, -0.2) is 56.7 Å². The molecule has 72 valence electrons. The summed E-state index contributed by atoms with van der Waals surface area (Å²) in [5.74, 6) is 0. The molecule has 0 aliphatic carbocycles. The molecule has 0 aromatic rings. The van der Waals surface area contributed by atoms with Crippen LogP contribution >= 0.6 is 0 Å². The molecule has 0 aliphatic rings. The Morgan fingerprint density at radius 3 is 0.308 bits per heavy atom. The predicted molar refractivity (Wildman–Crippen MR) is 39.0 cm³/mol. The van der Waals surface area contributed by atoms with Crippen molar-refractivity contribution in [1.82, 2.24) is 0 Å². The van der Waals surface area contributed by atoms with Gasteiger partial charge in [-0.3, -0.25) is 0 Å². The van der Waals surface area contributed by atoms with Gasteiger partial charge in [0.15, 0.2) is 0 Å². The van der Waals surface area contributed by atoms with Gasteiger partial charge in [0.25, 0.3) is 0 Å². The van der Waals surface area contributed by atoms with E-state index in [9.17, 15) is 0 Å². The molecule has 0 spiro atoms. The maximum Gasteiger partial charge on any atom is 4.00 e. The minimum atomic E-state index is 0. The molecule has 0 radical (unpaired) electrons. The van der Waals surface area contributed by atoms with Crippen molar-refractivity contribution in [2.45, 2.75) is 0 Å². The Morgan fingerprint density at radius 1 is 0.308 bits per heavy atom. The first kappa shape index (κ1) is 408. The molecule has 13 heteroatoms. The minimum absolute atomic E-state index is 0. The fraction of sp³-hybridized carbons (Fsp3) is 0. The second-order valence-corrected chi connectivity index (χ2v) is 0. The van der Waals surface area contributed by atoms with Gasteiger partial charge in [-0.05, 0) is 21.9 Å². The molecule has 0 atom stereocenters. The summed E-state index contributed by atoms with van der Waals surface area (Å²) in [5.41, 5.74) is 0. The molecule has 0 N–H and O–H groups in total. The molecule has 0 fully saturated rings. The smallest absolute Gasteiger partial charge is 2.00 e. The van der Waals surface area contributed by atoms with Crippen molar-refractivity contribution in [3.63, 3.8) is 0 Å². The van der Waals surface area contributed by atoms with Crippen LogP contribution in [0.3, 0.4) is 0 Å². The van der Waals surface area contributed by atoms with Crippen molar-refractivity contribution in [3.8, 4) is 0 Å². The van der Waals surface area contributed by atoms with E-state index in [4.69, 9.17) is 0 Å². The van der Waals surface area contributed by atoms with Gasteiger partial charge in [-0.25, -0.2) is 0 Å². The molecule has 7 nitrogen and oxygen atoms in total. The van der Waals surface area contributed by atoms with Crippen molar-refractivity contribution in [1.29, 1.82) is 0 Å². The van der Waals surface area contributed by atoms with E-state index in [1.165, 1.54) is 0 Å². The molecule has 0 saturated heterocycles. The molecule has 0 aliphatic heterocycles. The standard InChI is InChI=1S/2Al.2Hf.7O.2H4Si/h;;;;;;;;;;;2*1H4/q2*+3;2*+4;7*-2;;. The third-order valence-corrected chi connectivity index (χ3v) is 0. The summed E-state index contributed by atoms with van der Waals surface area (Å²) < 4.78 is 0. The first-order valence-electron chi connectivity index (χ1n) is 0. The van der Waals surface area contributed by atoms with Gasteiger partial charge in [-0.1, -0.05) is 0 Å². The molecule has 0 unspecified atom stereocenters. The van der Waals surface area contributed by atoms with Crippen LogP contribution in [0.1, 0.15) is 0 Å². The molecule has 13 heavy (non-hydrogen) atoms. The fourth-order valence-electron chi connectivity index (χ4n) is 0. The third-order valence-electron chi connectivity index (χ3n) is 0. The Bertz CT molecular complexity index is 22.5. The van der Waals surface area contributed by atoms with Gasteiger partial charge in [0.1, 0.15) is 0 Å². The Kier molecular flexibility index (Phi) is 10400. The maximum absolute atomic E-state index is 0. The molecule has 0 heterocycles. The van der Waals surface area contributed by atoms with Crippen LogP contribution in [0.4, 0.5) is 0 Å². The van der Waals surface area contributed by atoms with Crippen LogP contribution in [0, 0.1) is 0 Å². The number of rotatable bonds is 0. The van der Waals surface area contributed by atoms with Crippen molar-refractivity contribution in [2.75, 3.05) is 0 Å². The quantitative estimate of drug-likeness (QED) is 0.247. The third kappa shape index (κ3) is 287. The first-order chi connectivity index (χ1) is 0. The Balaban J connectivity index is 0. The second-order valence-electron chi connectivity index (χ2n) is 0. The summed E-state index contributed by atoms with van der Waals surface area (Å²) in [6.07, 6.45) is 0. The van der Waals surface area contributed by atoms with E-state index in [0.717, 1.165) is 0 Å². The van der Waals surface area contributed by atoms with Gasteiger partial charge >= 0.3 is 86.4 Å². The molecule has 0 aromatic carbocycles. The van der Waals surface area contributed by atoms with Crippen molar-refractivity contribution < 1.29 is 90.0 Å². The zero-order valence-electron chi connectivity index (χ0n) is 5.01. The largest absolute Gasteiger partial charge is 4.00 e. The first-order valence-corrected chi connectivity index (χ1v) is 0. The summed E-state index contributed by atoms with van der Waals surface area (Å²) >= 11 is 0. The van der Waals surface area contributed by atoms with E-state index >= 15 is 0 Å². The Hall–Kier alpha value is 2.96. The van der Waals surface area contributed by atoms with Gasteiger partial charge in [0, 0.05) is 0 Å². The topological polar surface area (TPSA) is 200 Å². The van der Waals surface area contributed by atoms with E-state index in [2.05, 4.69) is 0 Å². The van der Waals surface area contributed by atoms with Crippen LogP contribution in [0.5, 0.6) is 0 Å².